The highest BCUT2D eigenvalue weighted by Crippen LogP contribution is 2.13. The van der Waals surface area contributed by atoms with Crippen molar-refractivity contribution in [3.63, 3.8) is 0 Å². The molecular weight excluding hydrogens is 330 g/mol. The van der Waals surface area contributed by atoms with Crippen LogP contribution in [0, 0.1) is 10.2 Å². The third-order valence-corrected chi connectivity index (χ3v) is 4.06. The quantitative estimate of drug-likeness (QED) is 0.404. The first-order valence-electron chi connectivity index (χ1n) is 9.75. The smallest absolute Gasteiger partial charge is 0.0777 e. The van der Waals surface area contributed by atoms with Crippen molar-refractivity contribution < 1.29 is 28.9 Å². The van der Waals surface area contributed by atoms with Crippen molar-refractivity contribution in [2.45, 2.75) is 110 Å². The van der Waals surface area contributed by atoms with E-state index in [1.807, 2.05) is 0 Å². The van der Waals surface area contributed by atoms with Gasteiger partial charge in [-0.2, -0.15) is 14.0 Å². The second-order valence-corrected chi connectivity index (χ2v) is 7.28. The summed E-state index contributed by atoms with van der Waals surface area (Å²) in [6.07, 6.45) is 22.9. The van der Waals surface area contributed by atoms with E-state index in [1.54, 1.807) is 0 Å². The maximum absolute atomic E-state index is 8.60. The first kappa shape index (κ1) is 26.3. The number of hydrogen-bond acceptors (Lipinski definition) is 5. The molecule has 0 aliphatic rings. The Morgan fingerprint density at radius 2 is 0.792 bits per heavy atom. The average molecular weight is 370 g/mol. The van der Waals surface area contributed by atoms with Gasteiger partial charge in [0.05, 0.1) is 14.9 Å². The molecule has 6 heteroatoms. The van der Waals surface area contributed by atoms with E-state index in [0.717, 1.165) is 6.54 Å². The molecule has 24 heavy (non-hydrogen) atoms. The van der Waals surface area contributed by atoms with Crippen LogP contribution in [-0.4, -0.2) is 11.2 Å². The standard InChI is InChI=1S/C18H39N.ClHO4/c1-2-3-4-5-6-7-8-9-10-11-12-13-14-15-16-17-18-19;2-1(3,4)5/h2-19H2,1H3;(H,2,3,4,5). The van der Waals surface area contributed by atoms with E-state index in [2.05, 4.69) is 6.92 Å². The van der Waals surface area contributed by atoms with Crippen LogP contribution in [0.3, 0.4) is 0 Å². The molecule has 0 saturated heterocycles. The molecule has 148 valence electrons. The summed E-state index contributed by atoms with van der Waals surface area (Å²) in [6.45, 7) is 3.16. The van der Waals surface area contributed by atoms with Crippen LogP contribution in [0.2, 0.25) is 0 Å². The van der Waals surface area contributed by atoms with Crippen LogP contribution in [0.25, 0.3) is 0 Å². The lowest BCUT2D eigenvalue weighted by Crippen LogP contribution is -2.58. The van der Waals surface area contributed by atoms with E-state index in [9.17, 15) is 0 Å². The minimum Gasteiger partial charge on any atom is -0.330 e. The van der Waals surface area contributed by atoms with Gasteiger partial charge in [0.15, 0.2) is 0 Å². The fourth-order valence-electron chi connectivity index (χ4n) is 2.69. The SMILES string of the molecule is CCCCCCCCCCCCCCCCCCN.[O-][Cl+3]([O-])([O-])O. The van der Waals surface area contributed by atoms with Crippen molar-refractivity contribution >= 4 is 0 Å². The number of hydrogen-bond donors (Lipinski definition) is 2. The van der Waals surface area contributed by atoms with Crippen LogP contribution >= 0.6 is 0 Å². The zero-order valence-corrected chi connectivity index (χ0v) is 16.4. The van der Waals surface area contributed by atoms with Gasteiger partial charge in [0.25, 0.3) is 0 Å². The van der Waals surface area contributed by atoms with Gasteiger partial charge in [-0.25, -0.2) is 0 Å². The van der Waals surface area contributed by atoms with Crippen LogP contribution in [0.1, 0.15) is 110 Å². The molecule has 0 fully saturated rings. The Hall–Kier alpha value is 0.0900. The van der Waals surface area contributed by atoms with E-state index in [0.29, 0.717) is 0 Å². The molecule has 0 aliphatic heterocycles. The van der Waals surface area contributed by atoms with E-state index in [4.69, 9.17) is 24.4 Å². The first-order valence-corrected chi connectivity index (χ1v) is 11.0. The third kappa shape index (κ3) is 38.0. The summed E-state index contributed by atoms with van der Waals surface area (Å²) in [6, 6.07) is 0. The fourth-order valence-corrected chi connectivity index (χ4v) is 2.69. The minimum atomic E-state index is -4.69. The Morgan fingerprint density at radius 3 is 1.00 bits per heavy atom. The van der Waals surface area contributed by atoms with Gasteiger partial charge in [0.2, 0.25) is 0 Å². The Kier molecular flexibility index (Phi) is 23.2. The summed E-state index contributed by atoms with van der Waals surface area (Å²) in [5, 5.41) is 0. The number of nitrogens with two attached hydrogens (primary N) is 1. The van der Waals surface area contributed by atoms with Gasteiger partial charge in [-0.1, -0.05) is 103 Å². The summed E-state index contributed by atoms with van der Waals surface area (Å²) in [7, 11) is -4.69. The molecule has 0 saturated carbocycles. The van der Waals surface area contributed by atoms with Crippen molar-refractivity contribution in [2.75, 3.05) is 6.54 Å². The Morgan fingerprint density at radius 1 is 0.583 bits per heavy atom. The van der Waals surface area contributed by atoms with Crippen molar-refractivity contribution in [3.05, 3.63) is 0 Å². The van der Waals surface area contributed by atoms with Crippen molar-refractivity contribution in [1.29, 1.82) is 0 Å². The van der Waals surface area contributed by atoms with Crippen molar-refractivity contribution in [1.82, 2.24) is 0 Å². The number of rotatable bonds is 16. The lowest BCUT2D eigenvalue weighted by atomic mass is 10.0. The van der Waals surface area contributed by atoms with Crippen molar-refractivity contribution in [2.24, 2.45) is 5.73 Å². The molecule has 3 N–H and O–H groups in total. The fraction of sp³-hybridized carbons (Fsp3) is 1.00. The first-order chi connectivity index (χ1) is 11.4. The van der Waals surface area contributed by atoms with Gasteiger partial charge in [0, 0.05) is 0 Å². The minimum absolute atomic E-state index is 0.873. The Labute approximate surface area is 151 Å². The van der Waals surface area contributed by atoms with Gasteiger partial charge >= 0.3 is 0 Å². The predicted molar refractivity (Wildman–Crippen MR) is 90.8 cm³/mol. The summed E-state index contributed by atoms with van der Waals surface area (Å²) < 4.78 is 32.7. The molecule has 0 aromatic rings. The third-order valence-electron chi connectivity index (χ3n) is 4.06. The molecule has 5 nitrogen and oxygen atoms in total. The van der Waals surface area contributed by atoms with Gasteiger partial charge in [-0.15, -0.1) is 0 Å². The zero-order valence-electron chi connectivity index (χ0n) is 15.6. The van der Waals surface area contributed by atoms with E-state index >= 15 is 0 Å². The molecular formula is C18H40ClNO4. The highest BCUT2D eigenvalue weighted by atomic mass is 35.7. The summed E-state index contributed by atoms with van der Waals surface area (Å²) in [5.74, 6) is 0. The monoisotopic (exact) mass is 369 g/mol. The topological polar surface area (TPSA) is 115 Å². The molecule has 0 bridgehead atoms. The molecule has 0 aliphatic carbocycles. The lowest BCUT2D eigenvalue weighted by Gasteiger charge is -2.03. The van der Waals surface area contributed by atoms with E-state index in [-0.39, 0.29) is 0 Å². The summed E-state index contributed by atoms with van der Waals surface area (Å²) in [5.41, 5.74) is 5.48. The van der Waals surface area contributed by atoms with Crippen molar-refractivity contribution in [3.8, 4) is 0 Å². The van der Waals surface area contributed by atoms with Gasteiger partial charge < -0.3 is 5.73 Å². The predicted octanol–water partition coefficient (Wildman–Crippen LogP) is 2.08. The molecule has 0 radical (unpaired) electrons. The van der Waals surface area contributed by atoms with Gasteiger partial charge in [-0.05, 0) is 13.0 Å². The van der Waals surface area contributed by atoms with E-state index in [1.165, 1.54) is 103 Å². The molecule has 0 amide bonds. The highest BCUT2D eigenvalue weighted by Gasteiger charge is 1.99. The summed E-state index contributed by atoms with van der Waals surface area (Å²) >= 11 is 0. The van der Waals surface area contributed by atoms with E-state index < -0.39 is 10.2 Å². The van der Waals surface area contributed by atoms with Crippen LogP contribution < -0.4 is 19.7 Å². The second kappa shape index (κ2) is 21.1. The van der Waals surface area contributed by atoms with Crippen LogP contribution in [-0.2, 0) is 0 Å². The molecule has 0 aromatic heterocycles. The molecule has 0 aromatic carbocycles. The van der Waals surface area contributed by atoms with Crippen LogP contribution in [0.15, 0.2) is 0 Å². The van der Waals surface area contributed by atoms with Crippen LogP contribution in [0.5, 0.6) is 0 Å². The maximum Gasteiger partial charge on any atom is 0.0777 e. The highest BCUT2D eigenvalue weighted by molar-refractivity contribution is 4.49. The largest absolute Gasteiger partial charge is 0.330 e. The maximum atomic E-state index is 8.60. The molecule has 0 unspecified atom stereocenters. The van der Waals surface area contributed by atoms with Crippen LogP contribution in [0.4, 0.5) is 0 Å². The molecule has 0 atom stereocenters. The Bertz CT molecular complexity index is 204. The number of unbranched alkanes of at least 4 members (excludes halogenated alkanes) is 15. The molecule has 0 rings (SSSR count). The van der Waals surface area contributed by atoms with Gasteiger partial charge in [-0.3, -0.25) is 0 Å². The Balaban J connectivity index is 0. The molecule has 0 spiro atoms. The molecule has 0 heterocycles. The van der Waals surface area contributed by atoms with Gasteiger partial charge in [0.1, 0.15) is 0 Å². The second-order valence-electron chi connectivity index (χ2n) is 6.49. The normalized spacial score (nSPS) is 11.2. The zero-order chi connectivity index (χ0) is 18.5. The number of halogens is 1. The summed E-state index contributed by atoms with van der Waals surface area (Å²) in [4.78, 5) is 0. The lowest BCUT2D eigenvalue weighted by molar-refractivity contribution is -1.92. The average Bonchev–Trinajstić information content (AvgIpc) is 2.49.